The molecular formula is C14H24N2O. The van der Waals surface area contributed by atoms with Crippen molar-refractivity contribution in [3.05, 3.63) is 24.0 Å². The molecule has 96 valence electrons. The van der Waals surface area contributed by atoms with Crippen molar-refractivity contribution < 1.29 is 4.74 Å². The van der Waals surface area contributed by atoms with Crippen LogP contribution in [0.1, 0.15) is 38.3 Å². The van der Waals surface area contributed by atoms with E-state index in [0.717, 1.165) is 37.6 Å². The van der Waals surface area contributed by atoms with Crippen LogP contribution in [0.4, 0.5) is 0 Å². The Morgan fingerprint density at radius 3 is 2.71 bits per heavy atom. The summed E-state index contributed by atoms with van der Waals surface area (Å²) in [4.78, 5) is 4.19. The van der Waals surface area contributed by atoms with Gasteiger partial charge in [-0.15, -0.1) is 0 Å². The summed E-state index contributed by atoms with van der Waals surface area (Å²) in [5, 5.41) is 3.33. The summed E-state index contributed by atoms with van der Waals surface area (Å²) in [5.41, 5.74) is 1.03. The molecule has 0 aliphatic heterocycles. The summed E-state index contributed by atoms with van der Waals surface area (Å²) in [6.45, 7) is 7.13. The molecule has 0 aliphatic rings. The molecule has 0 atom stereocenters. The van der Waals surface area contributed by atoms with E-state index < -0.39 is 0 Å². The van der Waals surface area contributed by atoms with Gasteiger partial charge >= 0.3 is 0 Å². The first-order valence-electron chi connectivity index (χ1n) is 6.59. The van der Waals surface area contributed by atoms with Crippen LogP contribution in [0.3, 0.4) is 0 Å². The molecule has 0 spiro atoms. The van der Waals surface area contributed by atoms with Crippen LogP contribution in [-0.2, 0) is 0 Å². The van der Waals surface area contributed by atoms with Crippen LogP contribution in [-0.4, -0.2) is 24.7 Å². The molecule has 3 nitrogen and oxygen atoms in total. The van der Waals surface area contributed by atoms with Gasteiger partial charge in [-0.3, -0.25) is 4.98 Å². The molecule has 0 amide bonds. The maximum Gasteiger partial charge on any atom is 0.137 e. The highest BCUT2D eigenvalue weighted by molar-refractivity contribution is 5.18. The third kappa shape index (κ3) is 6.95. The predicted molar refractivity (Wildman–Crippen MR) is 71.5 cm³/mol. The Bertz CT molecular complexity index is 285. The number of unbranched alkanes of at least 4 members (excludes halogenated alkanes) is 3. The normalized spacial score (nSPS) is 10.5. The van der Waals surface area contributed by atoms with Crippen LogP contribution in [0.2, 0.25) is 0 Å². The first-order chi connectivity index (χ1) is 8.33. The quantitative estimate of drug-likeness (QED) is 0.669. The highest BCUT2D eigenvalue weighted by Gasteiger charge is 1.94. The second-order valence-electron chi connectivity index (χ2n) is 4.25. The van der Waals surface area contributed by atoms with Crippen LogP contribution in [0.5, 0.6) is 5.75 Å². The fraction of sp³-hybridized carbons (Fsp3) is 0.643. The van der Waals surface area contributed by atoms with Gasteiger partial charge in [-0.05, 0) is 45.0 Å². The second-order valence-corrected chi connectivity index (χ2v) is 4.25. The van der Waals surface area contributed by atoms with Crippen molar-refractivity contribution in [2.75, 3.05) is 19.7 Å². The molecule has 0 unspecified atom stereocenters. The first kappa shape index (κ1) is 14.0. The number of ether oxygens (including phenoxy) is 1. The number of aromatic nitrogens is 1. The Balaban J connectivity index is 1.95. The summed E-state index contributed by atoms with van der Waals surface area (Å²) < 4.78 is 5.61. The molecule has 0 saturated heterocycles. The Hall–Kier alpha value is -1.09. The highest BCUT2D eigenvalue weighted by Crippen LogP contribution is 2.09. The number of pyridine rings is 1. The van der Waals surface area contributed by atoms with Crippen LogP contribution >= 0.6 is 0 Å². The number of hydrogen-bond donors (Lipinski definition) is 1. The van der Waals surface area contributed by atoms with Gasteiger partial charge in [0.2, 0.25) is 0 Å². The average molecular weight is 236 g/mol. The van der Waals surface area contributed by atoms with E-state index >= 15 is 0 Å². The van der Waals surface area contributed by atoms with Gasteiger partial charge < -0.3 is 10.1 Å². The number of aryl methyl sites for hydroxylation is 1. The second kappa shape index (κ2) is 8.99. The highest BCUT2D eigenvalue weighted by atomic mass is 16.5. The molecule has 0 fully saturated rings. The van der Waals surface area contributed by atoms with E-state index in [1.807, 2.05) is 19.1 Å². The van der Waals surface area contributed by atoms with Gasteiger partial charge in [-0.1, -0.05) is 19.8 Å². The van der Waals surface area contributed by atoms with E-state index in [9.17, 15) is 0 Å². The van der Waals surface area contributed by atoms with E-state index in [2.05, 4.69) is 17.2 Å². The van der Waals surface area contributed by atoms with Crippen LogP contribution in [0.15, 0.2) is 18.3 Å². The van der Waals surface area contributed by atoms with Gasteiger partial charge in [0.1, 0.15) is 5.75 Å². The van der Waals surface area contributed by atoms with Gasteiger partial charge in [-0.25, -0.2) is 0 Å². The Morgan fingerprint density at radius 1 is 1.18 bits per heavy atom. The van der Waals surface area contributed by atoms with Gasteiger partial charge in [-0.2, -0.15) is 0 Å². The van der Waals surface area contributed by atoms with E-state index in [-0.39, 0.29) is 0 Å². The minimum Gasteiger partial charge on any atom is -0.492 e. The third-order valence-corrected chi connectivity index (χ3v) is 2.65. The van der Waals surface area contributed by atoms with Gasteiger partial charge in [0, 0.05) is 5.69 Å². The van der Waals surface area contributed by atoms with Crippen LogP contribution in [0.25, 0.3) is 0 Å². The molecule has 1 N–H and O–H groups in total. The molecule has 3 heteroatoms. The summed E-state index contributed by atoms with van der Waals surface area (Å²) in [6.07, 6.45) is 6.70. The number of hydrogen-bond acceptors (Lipinski definition) is 3. The molecule has 1 aromatic heterocycles. The SMILES string of the molecule is CCNCCCCCCOc1ccc(C)nc1. The van der Waals surface area contributed by atoms with Crippen LogP contribution < -0.4 is 10.1 Å². The lowest BCUT2D eigenvalue weighted by molar-refractivity contribution is 0.303. The molecule has 1 rings (SSSR count). The van der Waals surface area contributed by atoms with Gasteiger partial charge in [0.25, 0.3) is 0 Å². The van der Waals surface area contributed by atoms with Crippen molar-refractivity contribution in [2.45, 2.75) is 39.5 Å². The molecule has 0 bridgehead atoms. The predicted octanol–water partition coefficient (Wildman–Crippen LogP) is 2.94. The van der Waals surface area contributed by atoms with Crippen molar-refractivity contribution in [1.29, 1.82) is 0 Å². The van der Waals surface area contributed by atoms with Gasteiger partial charge in [0.15, 0.2) is 0 Å². The van der Waals surface area contributed by atoms with E-state index in [1.54, 1.807) is 6.20 Å². The fourth-order valence-corrected chi connectivity index (χ4v) is 1.61. The zero-order valence-corrected chi connectivity index (χ0v) is 11.0. The third-order valence-electron chi connectivity index (χ3n) is 2.65. The smallest absolute Gasteiger partial charge is 0.137 e. The Morgan fingerprint density at radius 2 is 2.00 bits per heavy atom. The summed E-state index contributed by atoms with van der Waals surface area (Å²) in [5.74, 6) is 0.878. The molecule has 0 aliphatic carbocycles. The van der Waals surface area contributed by atoms with E-state index in [1.165, 1.54) is 19.3 Å². The summed E-state index contributed by atoms with van der Waals surface area (Å²) >= 11 is 0. The van der Waals surface area contributed by atoms with Crippen molar-refractivity contribution in [1.82, 2.24) is 10.3 Å². The Labute approximate surface area is 105 Å². The first-order valence-corrected chi connectivity index (χ1v) is 6.59. The van der Waals surface area contributed by atoms with Crippen molar-refractivity contribution in [2.24, 2.45) is 0 Å². The Kier molecular flexibility index (Phi) is 7.39. The molecule has 0 aromatic carbocycles. The number of rotatable bonds is 9. The van der Waals surface area contributed by atoms with Crippen molar-refractivity contribution >= 4 is 0 Å². The lowest BCUT2D eigenvalue weighted by Gasteiger charge is -2.06. The molecule has 17 heavy (non-hydrogen) atoms. The van der Waals surface area contributed by atoms with Crippen LogP contribution in [0, 0.1) is 6.92 Å². The average Bonchev–Trinajstić information content (AvgIpc) is 2.35. The van der Waals surface area contributed by atoms with Crippen molar-refractivity contribution in [3.63, 3.8) is 0 Å². The zero-order chi connectivity index (χ0) is 12.3. The molecule has 0 radical (unpaired) electrons. The standard InChI is InChI=1S/C14H24N2O/c1-3-15-10-6-4-5-7-11-17-14-9-8-13(2)16-12-14/h8-9,12,15H,3-7,10-11H2,1-2H3. The maximum atomic E-state index is 5.61. The summed E-state index contributed by atoms with van der Waals surface area (Å²) in [7, 11) is 0. The number of nitrogens with zero attached hydrogens (tertiary/aromatic N) is 1. The maximum absolute atomic E-state index is 5.61. The lowest BCUT2D eigenvalue weighted by Crippen LogP contribution is -2.13. The molecule has 1 heterocycles. The molecule has 0 saturated carbocycles. The van der Waals surface area contributed by atoms with Crippen molar-refractivity contribution in [3.8, 4) is 5.75 Å². The largest absolute Gasteiger partial charge is 0.492 e. The number of nitrogens with one attached hydrogen (secondary N) is 1. The molecular weight excluding hydrogens is 212 g/mol. The van der Waals surface area contributed by atoms with E-state index in [0.29, 0.717) is 0 Å². The van der Waals surface area contributed by atoms with Gasteiger partial charge in [0.05, 0.1) is 12.8 Å². The lowest BCUT2D eigenvalue weighted by atomic mass is 10.2. The molecule has 1 aromatic rings. The zero-order valence-electron chi connectivity index (χ0n) is 11.0. The minimum absolute atomic E-state index is 0.798. The topological polar surface area (TPSA) is 34.1 Å². The fourth-order valence-electron chi connectivity index (χ4n) is 1.61. The monoisotopic (exact) mass is 236 g/mol. The summed E-state index contributed by atoms with van der Waals surface area (Å²) in [6, 6.07) is 3.96. The van der Waals surface area contributed by atoms with E-state index in [4.69, 9.17) is 4.74 Å². The minimum atomic E-state index is 0.798.